The number of aryl methyl sites for hydroxylation is 1. The minimum absolute atomic E-state index is 0.130. The van der Waals surface area contributed by atoms with E-state index in [-0.39, 0.29) is 16.1 Å². The quantitative estimate of drug-likeness (QED) is 0.481. The number of nitro benzene ring substituents is 1. The first-order valence-corrected chi connectivity index (χ1v) is 13.2. The van der Waals surface area contributed by atoms with Gasteiger partial charge in [0.1, 0.15) is 4.90 Å². The molecule has 0 saturated carbocycles. The van der Waals surface area contributed by atoms with Crippen molar-refractivity contribution in [1.82, 2.24) is 4.31 Å². The zero-order chi connectivity index (χ0) is 24.3. The van der Waals surface area contributed by atoms with Gasteiger partial charge in [-0.1, -0.05) is 12.5 Å². The lowest BCUT2D eigenvalue weighted by molar-refractivity contribution is -0.384. The molecule has 34 heavy (non-hydrogen) atoms. The highest BCUT2D eigenvalue weighted by Gasteiger charge is 2.31. The van der Waals surface area contributed by atoms with Crippen molar-refractivity contribution in [2.75, 3.05) is 36.4 Å². The van der Waals surface area contributed by atoms with Gasteiger partial charge in [-0.25, -0.2) is 8.42 Å². The lowest BCUT2D eigenvalue weighted by Gasteiger charge is -2.33. The monoisotopic (exact) mass is 486 g/mol. The number of benzene rings is 2. The predicted molar refractivity (Wildman–Crippen MR) is 131 cm³/mol. The maximum Gasteiger partial charge on any atom is 0.271 e. The van der Waals surface area contributed by atoms with E-state index in [4.69, 9.17) is 0 Å². The minimum atomic E-state index is -3.77. The highest BCUT2D eigenvalue weighted by Crippen LogP contribution is 2.33. The molecule has 0 aromatic heterocycles. The molecule has 2 heterocycles. The van der Waals surface area contributed by atoms with Gasteiger partial charge in [0.25, 0.3) is 11.6 Å². The second-order valence-electron chi connectivity index (χ2n) is 8.91. The van der Waals surface area contributed by atoms with E-state index in [0.29, 0.717) is 30.0 Å². The van der Waals surface area contributed by atoms with Crippen LogP contribution in [0.3, 0.4) is 0 Å². The number of non-ortho nitro benzene ring substituents is 1. The van der Waals surface area contributed by atoms with Crippen molar-refractivity contribution in [3.63, 3.8) is 0 Å². The fourth-order valence-electron chi connectivity index (χ4n) is 4.56. The smallest absolute Gasteiger partial charge is 0.271 e. The molecule has 4 rings (SSSR count). The van der Waals surface area contributed by atoms with Crippen LogP contribution in [0.5, 0.6) is 0 Å². The molecule has 2 aliphatic rings. The standard InChI is InChI=1S/C24H30N4O5S/c1-18-8-10-20(28(30)31)17-21(18)25-24(29)19-9-11-22(26-12-4-2-5-13-26)23(16-19)34(32,33)27-14-6-3-7-15-27/h8-11,16-17H,2-7,12-15H2,1H3,(H,25,29). The summed E-state index contributed by atoms with van der Waals surface area (Å²) in [6.07, 6.45) is 5.77. The first kappa shape index (κ1) is 24.2. The number of nitro groups is 1. The number of sulfonamides is 1. The van der Waals surface area contributed by atoms with Gasteiger partial charge >= 0.3 is 0 Å². The van der Waals surface area contributed by atoms with Crippen LogP contribution in [0.25, 0.3) is 0 Å². The van der Waals surface area contributed by atoms with Crippen molar-refractivity contribution in [3.05, 3.63) is 57.6 Å². The van der Waals surface area contributed by atoms with E-state index in [9.17, 15) is 23.3 Å². The molecule has 0 bridgehead atoms. The number of carbonyl (C=O) groups excluding carboxylic acids is 1. The Hall–Kier alpha value is -2.98. The molecule has 2 fully saturated rings. The molecule has 2 aromatic rings. The molecule has 0 unspecified atom stereocenters. The van der Waals surface area contributed by atoms with Gasteiger partial charge in [-0.15, -0.1) is 0 Å². The molecule has 0 atom stereocenters. The Morgan fingerprint density at radius 2 is 1.59 bits per heavy atom. The fraction of sp³-hybridized carbons (Fsp3) is 0.458. The molecular weight excluding hydrogens is 456 g/mol. The summed E-state index contributed by atoms with van der Waals surface area (Å²) in [6, 6.07) is 9.05. The molecule has 2 aromatic carbocycles. The van der Waals surface area contributed by atoms with E-state index >= 15 is 0 Å². The van der Waals surface area contributed by atoms with Gasteiger partial charge in [-0.05, 0) is 62.8 Å². The van der Waals surface area contributed by atoms with Crippen LogP contribution in [0, 0.1) is 17.0 Å². The van der Waals surface area contributed by atoms with Gasteiger partial charge < -0.3 is 10.2 Å². The van der Waals surface area contributed by atoms with E-state index in [1.165, 1.54) is 22.5 Å². The summed E-state index contributed by atoms with van der Waals surface area (Å²) in [5.74, 6) is -0.510. The normalized spacial score (nSPS) is 17.4. The summed E-state index contributed by atoms with van der Waals surface area (Å²) in [4.78, 5) is 25.9. The Kier molecular flexibility index (Phi) is 7.18. The highest BCUT2D eigenvalue weighted by molar-refractivity contribution is 7.89. The highest BCUT2D eigenvalue weighted by atomic mass is 32.2. The number of nitrogens with zero attached hydrogens (tertiary/aromatic N) is 3. The number of hydrogen-bond acceptors (Lipinski definition) is 6. The van der Waals surface area contributed by atoms with Crippen molar-refractivity contribution < 1.29 is 18.1 Å². The fourth-order valence-corrected chi connectivity index (χ4v) is 6.31. The van der Waals surface area contributed by atoms with Crippen LogP contribution in [0.2, 0.25) is 0 Å². The molecular formula is C24H30N4O5S. The Balaban J connectivity index is 1.70. The predicted octanol–water partition coefficient (Wildman–Crippen LogP) is 4.32. The van der Waals surface area contributed by atoms with Crippen molar-refractivity contribution >= 4 is 33.0 Å². The van der Waals surface area contributed by atoms with Gasteiger partial charge in [-0.2, -0.15) is 4.31 Å². The number of anilines is 2. The van der Waals surface area contributed by atoms with E-state index in [2.05, 4.69) is 10.2 Å². The SMILES string of the molecule is Cc1ccc([N+](=O)[O-])cc1NC(=O)c1ccc(N2CCCCC2)c(S(=O)(=O)N2CCCCC2)c1. The number of amides is 1. The van der Waals surface area contributed by atoms with Gasteiger partial charge in [0.15, 0.2) is 0 Å². The second-order valence-corrected chi connectivity index (χ2v) is 10.8. The summed E-state index contributed by atoms with van der Waals surface area (Å²) in [5.41, 5.74) is 1.69. The van der Waals surface area contributed by atoms with Gasteiger partial charge in [0.2, 0.25) is 10.0 Å². The summed E-state index contributed by atoms with van der Waals surface area (Å²) < 4.78 is 28.8. The van der Waals surface area contributed by atoms with Crippen LogP contribution in [-0.4, -0.2) is 49.7 Å². The molecule has 182 valence electrons. The second kappa shape index (κ2) is 10.1. The van der Waals surface area contributed by atoms with Crippen molar-refractivity contribution in [1.29, 1.82) is 0 Å². The van der Waals surface area contributed by atoms with Crippen LogP contribution < -0.4 is 10.2 Å². The van der Waals surface area contributed by atoms with Gasteiger partial charge in [0, 0.05) is 43.9 Å². The van der Waals surface area contributed by atoms with E-state index < -0.39 is 20.9 Å². The molecule has 0 aliphatic carbocycles. The number of carbonyl (C=O) groups is 1. The molecule has 2 saturated heterocycles. The Bertz CT molecular complexity index is 1190. The first-order valence-electron chi connectivity index (χ1n) is 11.7. The lowest BCUT2D eigenvalue weighted by Crippen LogP contribution is -2.37. The zero-order valence-corrected chi connectivity index (χ0v) is 20.1. The Morgan fingerprint density at radius 1 is 0.941 bits per heavy atom. The molecule has 0 radical (unpaired) electrons. The van der Waals surface area contributed by atoms with E-state index in [0.717, 1.165) is 51.6 Å². The number of piperidine rings is 2. The first-order chi connectivity index (χ1) is 16.3. The van der Waals surface area contributed by atoms with Crippen molar-refractivity contribution in [2.24, 2.45) is 0 Å². The molecule has 9 nitrogen and oxygen atoms in total. The maximum absolute atomic E-state index is 13.7. The van der Waals surface area contributed by atoms with Crippen molar-refractivity contribution in [2.45, 2.75) is 50.3 Å². The van der Waals surface area contributed by atoms with Crippen LogP contribution in [0.1, 0.15) is 54.4 Å². The summed E-state index contributed by atoms with van der Waals surface area (Å²) >= 11 is 0. The third kappa shape index (κ3) is 5.07. The molecule has 1 N–H and O–H groups in total. The third-order valence-electron chi connectivity index (χ3n) is 6.53. The Labute approximate surface area is 200 Å². The van der Waals surface area contributed by atoms with Crippen LogP contribution >= 0.6 is 0 Å². The molecule has 10 heteroatoms. The zero-order valence-electron chi connectivity index (χ0n) is 19.3. The topological polar surface area (TPSA) is 113 Å². The molecule has 0 spiro atoms. The Morgan fingerprint density at radius 3 is 2.24 bits per heavy atom. The van der Waals surface area contributed by atoms with Crippen LogP contribution in [-0.2, 0) is 10.0 Å². The van der Waals surface area contributed by atoms with E-state index in [1.54, 1.807) is 25.1 Å². The van der Waals surface area contributed by atoms with Gasteiger partial charge in [-0.3, -0.25) is 14.9 Å². The van der Waals surface area contributed by atoms with E-state index in [1.807, 2.05) is 0 Å². The summed E-state index contributed by atoms with van der Waals surface area (Å²) in [5, 5.41) is 13.8. The largest absolute Gasteiger partial charge is 0.370 e. The third-order valence-corrected chi connectivity index (χ3v) is 8.46. The summed E-state index contributed by atoms with van der Waals surface area (Å²) in [7, 11) is -3.77. The number of hydrogen-bond donors (Lipinski definition) is 1. The average Bonchev–Trinajstić information content (AvgIpc) is 2.86. The van der Waals surface area contributed by atoms with Crippen molar-refractivity contribution in [3.8, 4) is 0 Å². The number of rotatable bonds is 6. The minimum Gasteiger partial charge on any atom is -0.370 e. The average molecular weight is 487 g/mol. The maximum atomic E-state index is 13.7. The lowest BCUT2D eigenvalue weighted by atomic mass is 10.1. The van der Waals surface area contributed by atoms with Gasteiger partial charge in [0.05, 0.1) is 16.3 Å². The number of nitrogens with one attached hydrogen (secondary N) is 1. The van der Waals surface area contributed by atoms with Crippen LogP contribution in [0.15, 0.2) is 41.3 Å². The summed E-state index contributed by atoms with van der Waals surface area (Å²) in [6.45, 7) is 4.25. The van der Waals surface area contributed by atoms with Crippen LogP contribution in [0.4, 0.5) is 17.1 Å². The molecule has 2 aliphatic heterocycles. The molecule has 1 amide bonds.